The first-order valence-corrected chi connectivity index (χ1v) is 7.07. The van der Waals surface area contributed by atoms with Gasteiger partial charge in [0.05, 0.1) is 10.8 Å². The Morgan fingerprint density at radius 2 is 1.73 bits per heavy atom. The highest BCUT2D eigenvalue weighted by molar-refractivity contribution is 7.12. The Hall–Kier alpha value is -2.93. The van der Waals surface area contributed by atoms with Gasteiger partial charge in [-0.25, -0.2) is 0 Å². The summed E-state index contributed by atoms with van der Waals surface area (Å²) in [4.78, 5) is 34.2. The fraction of sp³-hybridized carbons (Fsp3) is 0. The SMILES string of the molecule is O=C([O-])C=CC(=O)Nc1cccc(NC(=O)c2cccs2)c1. The van der Waals surface area contributed by atoms with E-state index in [1.165, 1.54) is 11.3 Å². The van der Waals surface area contributed by atoms with Crippen LogP contribution >= 0.6 is 11.3 Å². The Morgan fingerprint density at radius 3 is 2.36 bits per heavy atom. The molecule has 0 spiro atoms. The van der Waals surface area contributed by atoms with Crippen LogP contribution in [-0.4, -0.2) is 17.8 Å². The smallest absolute Gasteiger partial charge is 0.265 e. The number of carbonyl (C=O) groups is 3. The Labute approximate surface area is 130 Å². The van der Waals surface area contributed by atoms with Crippen molar-refractivity contribution in [1.82, 2.24) is 0 Å². The predicted molar refractivity (Wildman–Crippen MR) is 81.5 cm³/mol. The van der Waals surface area contributed by atoms with Gasteiger partial charge in [-0.05, 0) is 35.7 Å². The van der Waals surface area contributed by atoms with Gasteiger partial charge in [-0.3, -0.25) is 9.59 Å². The van der Waals surface area contributed by atoms with Crippen LogP contribution in [-0.2, 0) is 9.59 Å². The van der Waals surface area contributed by atoms with Crippen LogP contribution in [0.15, 0.2) is 53.9 Å². The lowest BCUT2D eigenvalue weighted by Gasteiger charge is -2.07. The summed E-state index contributed by atoms with van der Waals surface area (Å²) in [5.74, 6) is -2.30. The van der Waals surface area contributed by atoms with E-state index < -0.39 is 11.9 Å². The summed E-state index contributed by atoms with van der Waals surface area (Å²) >= 11 is 1.32. The van der Waals surface area contributed by atoms with E-state index in [2.05, 4.69) is 10.6 Å². The van der Waals surface area contributed by atoms with Gasteiger partial charge in [-0.1, -0.05) is 12.1 Å². The van der Waals surface area contributed by atoms with Crippen LogP contribution in [0.1, 0.15) is 9.67 Å². The van der Waals surface area contributed by atoms with Gasteiger partial charge in [0.25, 0.3) is 5.91 Å². The lowest BCUT2D eigenvalue weighted by atomic mass is 10.2. The molecular weight excluding hydrogens is 304 g/mol. The molecule has 1 aromatic heterocycles. The number of carboxylic acids is 1. The number of nitrogens with one attached hydrogen (secondary N) is 2. The van der Waals surface area contributed by atoms with Crippen LogP contribution in [0.4, 0.5) is 11.4 Å². The van der Waals surface area contributed by atoms with Crippen molar-refractivity contribution in [2.45, 2.75) is 0 Å². The zero-order valence-corrected chi connectivity index (χ0v) is 12.1. The van der Waals surface area contributed by atoms with Crippen LogP contribution < -0.4 is 15.7 Å². The molecule has 0 unspecified atom stereocenters. The van der Waals surface area contributed by atoms with E-state index in [0.29, 0.717) is 22.3 Å². The van der Waals surface area contributed by atoms with Gasteiger partial charge in [-0.15, -0.1) is 11.3 Å². The minimum absolute atomic E-state index is 0.240. The number of carbonyl (C=O) groups excluding carboxylic acids is 3. The van der Waals surface area contributed by atoms with E-state index in [1.54, 1.807) is 41.8 Å². The summed E-state index contributed by atoms with van der Waals surface area (Å²) < 4.78 is 0. The Morgan fingerprint density at radius 1 is 1.00 bits per heavy atom. The standard InChI is InChI=1S/C15H12N2O4S/c18-13(6-7-14(19)20)16-10-3-1-4-11(9-10)17-15(21)12-5-2-8-22-12/h1-9H,(H,16,18)(H,17,21)(H,19,20)/p-1. The van der Waals surface area contributed by atoms with E-state index >= 15 is 0 Å². The fourth-order valence-corrected chi connectivity index (χ4v) is 2.22. The maximum atomic E-state index is 11.9. The molecule has 0 saturated heterocycles. The summed E-state index contributed by atoms with van der Waals surface area (Å²) in [5.41, 5.74) is 0.942. The van der Waals surface area contributed by atoms with Gasteiger partial charge < -0.3 is 20.5 Å². The highest BCUT2D eigenvalue weighted by Crippen LogP contribution is 2.17. The average Bonchev–Trinajstić information content (AvgIpc) is 3.00. The molecule has 2 N–H and O–H groups in total. The molecule has 0 atom stereocenters. The number of thiophene rings is 1. The number of carboxylic acid groups (broad SMARTS) is 1. The van der Waals surface area contributed by atoms with Crippen molar-refractivity contribution >= 4 is 40.5 Å². The Kier molecular flexibility index (Phi) is 5.05. The highest BCUT2D eigenvalue weighted by Gasteiger charge is 2.07. The molecule has 7 heteroatoms. The minimum Gasteiger partial charge on any atom is -0.545 e. The molecule has 1 aromatic carbocycles. The van der Waals surface area contributed by atoms with Crippen LogP contribution in [0, 0.1) is 0 Å². The van der Waals surface area contributed by atoms with E-state index in [9.17, 15) is 19.5 Å². The number of aliphatic carboxylic acids is 1. The number of hydrogen-bond acceptors (Lipinski definition) is 5. The summed E-state index contributed by atoms with van der Waals surface area (Å²) in [6, 6.07) is 10.00. The molecule has 22 heavy (non-hydrogen) atoms. The first kappa shape index (κ1) is 15.5. The van der Waals surface area contributed by atoms with Crippen molar-refractivity contribution < 1.29 is 19.5 Å². The lowest BCUT2D eigenvalue weighted by Crippen LogP contribution is -2.20. The zero-order chi connectivity index (χ0) is 15.9. The fourth-order valence-electron chi connectivity index (χ4n) is 1.60. The Balaban J connectivity index is 2.02. The summed E-state index contributed by atoms with van der Waals surface area (Å²) in [5, 5.41) is 17.2. The van der Waals surface area contributed by atoms with Crippen molar-refractivity contribution in [3.05, 3.63) is 58.8 Å². The third-order valence-corrected chi connectivity index (χ3v) is 3.37. The molecule has 112 valence electrons. The monoisotopic (exact) mass is 315 g/mol. The molecule has 6 nitrogen and oxygen atoms in total. The van der Waals surface area contributed by atoms with Gasteiger partial charge in [-0.2, -0.15) is 0 Å². The van der Waals surface area contributed by atoms with Gasteiger partial charge in [0.2, 0.25) is 5.91 Å². The molecular formula is C15H11N2O4S-. The molecule has 0 bridgehead atoms. The summed E-state index contributed by atoms with van der Waals surface area (Å²) in [6.45, 7) is 0. The average molecular weight is 315 g/mol. The first-order valence-electron chi connectivity index (χ1n) is 6.19. The second-order valence-electron chi connectivity index (χ2n) is 4.15. The number of amides is 2. The maximum Gasteiger partial charge on any atom is 0.265 e. The second-order valence-corrected chi connectivity index (χ2v) is 5.10. The normalized spacial score (nSPS) is 10.4. The van der Waals surface area contributed by atoms with E-state index in [4.69, 9.17) is 0 Å². The summed E-state index contributed by atoms with van der Waals surface area (Å²) in [6.07, 6.45) is 1.49. The molecule has 0 aliphatic rings. The van der Waals surface area contributed by atoms with Crippen LogP contribution in [0.3, 0.4) is 0 Å². The number of anilines is 2. The predicted octanol–water partition coefficient (Wildman–Crippen LogP) is 1.24. The summed E-state index contributed by atoms with van der Waals surface area (Å²) in [7, 11) is 0. The highest BCUT2D eigenvalue weighted by atomic mass is 32.1. The van der Waals surface area contributed by atoms with E-state index in [1.807, 2.05) is 0 Å². The number of rotatable bonds is 5. The molecule has 0 fully saturated rings. The van der Waals surface area contributed by atoms with Crippen molar-refractivity contribution in [3.8, 4) is 0 Å². The van der Waals surface area contributed by atoms with Gasteiger partial charge in [0, 0.05) is 17.5 Å². The van der Waals surface area contributed by atoms with Crippen molar-refractivity contribution in [2.75, 3.05) is 10.6 Å². The maximum absolute atomic E-state index is 11.9. The molecule has 1 heterocycles. The van der Waals surface area contributed by atoms with Crippen LogP contribution in [0.2, 0.25) is 0 Å². The third-order valence-electron chi connectivity index (χ3n) is 2.50. The van der Waals surface area contributed by atoms with Crippen molar-refractivity contribution in [1.29, 1.82) is 0 Å². The molecule has 0 radical (unpaired) electrons. The Bertz CT molecular complexity index is 723. The van der Waals surface area contributed by atoms with E-state index in [-0.39, 0.29) is 5.91 Å². The zero-order valence-electron chi connectivity index (χ0n) is 11.2. The van der Waals surface area contributed by atoms with Gasteiger partial charge >= 0.3 is 0 Å². The largest absolute Gasteiger partial charge is 0.545 e. The van der Waals surface area contributed by atoms with E-state index in [0.717, 1.165) is 6.08 Å². The quantitative estimate of drug-likeness (QED) is 0.811. The number of benzene rings is 1. The molecule has 0 aliphatic heterocycles. The molecule has 2 aromatic rings. The second kappa shape index (κ2) is 7.19. The number of hydrogen-bond donors (Lipinski definition) is 2. The van der Waals surface area contributed by atoms with Crippen LogP contribution in [0.25, 0.3) is 0 Å². The molecule has 0 saturated carbocycles. The van der Waals surface area contributed by atoms with Crippen molar-refractivity contribution in [2.24, 2.45) is 0 Å². The van der Waals surface area contributed by atoms with Crippen molar-refractivity contribution in [3.63, 3.8) is 0 Å². The van der Waals surface area contributed by atoms with Crippen LogP contribution in [0.5, 0.6) is 0 Å². The molecule has 2 amide bonds. The topological polar surface area (TPSA) is 98.3 Å². The lowest BCUT2D eigenvalue weighted by molar-refractivity contribution is -0.297. The molecule has 0 aliphatic carbocycles. The molecule has 2 rings (SSSR count). The minimum atomic E-state index is -1.45. The van der Waals surface area contributed by atoms with Gasteiger partial charge in [0.15, 0.2) is 0 Å². The first-order chi connectivity index (χ1) is 10.5. The third kappa shape index (κ3) is 4.57. The van der Waals surface area contributed by atoms with Gasteiger partial charge in [0.1, 0.15) is 0 Å².